The number of carbonyl (C=O) groups is 1. The first-order valence-electron chi connectivity index (χ1n) is 21.4. The Kier molecular flexibility index (Phi) is 38.0. The average molecular weight is 647 g/mol. The Bertz CT molecular complexity index is 611. The molecule has 0 N–H and O–H groups in total. The van der Waals surface area contributed by atoms with E-state index in [1.807, 2.05) is 0 Å². The molecule has 2 heteroatoms. The lowest BCUT2D eigenvalue weighted by Crippen LogP contribution is -2.05. The van der Waals surface area contributed by atoms with Crippen LogP contribution in [0, 0.1) is 5.92 Å². The zero-order chi connectivity index (χ0) is 33.6. The van der Waals surface area contributed by atoms with Crippen molar-refractivity contribution >= 4 is 5.97 Å². The third-order valence-electron chi connectivity index (χ3n) is 10.2. The van der Waals surface area contributed by atoms with Crippen LogP contribution in [0.3, 0.4) is 0 Å². The molecule has 0 rings (SSSR count). The summed E-state index contributed by atoms with van der Waals surface area (Å²) in [6.45, 7) is 10.7. The molecule has 0 saturated heterocycles. The highest BCUT2D eigenvalue weighted by atomic mass is 16.5. The maximum atomic E-state index is 11.3. The summed E-state index contributed by atoms with van der Waals surface area (Å²) in [6.07, 6.45) is 51.3. The lowest BCUT2D eigenvalue weighted by molar-refractivity contribution is -0.139. The van der Waals surface area contributed by atoms with Crippen LogP contribution in [-0.4, -0.2) is 12.6 Å². The molecule has 0 aliphatic carbocycles. The second-order valence-corrected chi connectivity index (χ2v) is 15.3. The van der Waals surface area contributed by atoms with Gasteiger partial charge in [-0.1, -0.05) is 245 Å². The van der Waals surface area contributed by atoms with Crippen molar-refractivity contribution < 1.29 is 9.53 Å². The van der Waals surface area contributed by atoms with Crippen molar-refractivity contribution in [3.05, 3.63) is 12.2 Å². The van der Waals surface area contributed by atoms with Crippen LogP contribution in [0.25, 0.3) is 0 Å². The minimum absolute atomic E-state index is 0.249. The molecule has 0 heterocycles. The van der Waals surface area contributed by atoms with Crippen molar-refractivity contribution in [1.29, 1.82) is 0 Å². The summed E-state index contributed by atoms with van der Waals surface area (Å²) in [4.78, 5) is 11.3. The number of rotatable bonds is 39. The van der Waals surface area contributed by atoms with Crippen LogP contribution in [0.2, 0.25) is 0 Å². The van der Waals surface area contributed by atoms with Gasteiger partial charge in [-0.05, 0) is 19.3 Å². The van der Waals surface area contributed by atoms with E-state index in [1.54, 1.807) is 6.92 Å². The summed E-state index contributed by atoms with van der Waals surface area (Å²) in [6, 6.07) is 0. The van der Waals surface area contributed by atoms with E-state index in [4.69, 9.17) is 4.74 Å². The highest BCUT2D eigenvalue weighted by Crippen LogP contribution is 2.20. The number of hydrogen-bond donors (Lipinski definition) is 0. The van der Waals surface area contributed by atoms with E-state index in [-0.39, 0.29) is 5.97 Å². The van der Waals surface area contributed by atoms with Gasteiger partial charge in [-0.25, -0.2) is 4.79 Å². The molecule has 1 atom stereocenters. The fourth-order valence-corrected chi connectivity index (χ4v) is 6.90. The molecular formula is C44H86O2. The molecule has 46 heavy (non-hydrogen) atoms. The first kappa shape index (κ1) is 45.2. The van der Waals surface area contributed by atoms with Crippen LogP contribution in [0.15, 0.2) is 12.2 Å². The van der Waals surface area contributed by atoms with Gasteiger partial charge in [-0.15, -0.1) is 0 Å². The second-order valence-electron chi connectivity index (χ2n) is 15.3. The quantitative estimate of drug-likeness (QED) is 0.0377. The summed E-state index contributed by atoms with van der Waals surface area (Å²) < 4.78 is 5.14. The molecule has 0 spiro atoms. The van der Waals surface area contributed by atoms with E-state index in [0.29, 0.717) is 12.2 Å². The van der Waals surface area contributed by atoms with E-state index in [9.17, 15) is 4.79 Å². The van der Waals surface area contributed by atoms with Crippen molar-refractivity contribution in [1.82, 2.24) is 0 Å². The van der Waals surface area contributed by atoms with Crippen LogP contribution >= 0.6 is 0 Å². The van der Waals surface area contributed by atoms with Crippen LogP contribution in [0.1, 0.15) is 252 Å². The van der Waals surface area contributed by atoms with Crippen molar-refractivity contribution in [3.8, 4) is 0 Å². The molecule has 0 aliphatic rings. The molecule has 0 aromatic rings. The van der Waals surface area contributed by atoms with Crippen molar-refractivity contribution in [2.45, 2.75) is 252 Å². The monoisotopic (exact) mass is 647 g/mol. The molecule has 0 saturated carbocycles. The van der Waals surface area contributed by atoms with Gasteiger partial charge in [0, 0.05) is 5.57 Å². The number of ether oxygens (including phenoxy) is 1. The predicted octanol–water partition coefficient (Wildman–Crippen LogP) is 15.8. The number of carbonyl (C=O) groups excluding carboxylic acids is 1. The molecule has 0 aliphatic heterocycles. The summed E-state index contributed by atoms with van der Waals surface area (Å²) in [5.74, 6) is 0.708. The number of unbranched alkanes of at least 4 members (excludes halogenated alkanes) is 32. The Morgan fingerprint density at radius 3 is 0.935 bits per heavy atom. The minimum Gasteiger partial charge on any atom is -0.462 e. The Morgan fingerprint density at radius 1 is 0.435 bits per heavy atom. The maximum absolute atomic E-state index is 11.3. The molecular weight excluding hydrogens is 560 g/mol. The summed E-state index contributed by atoms with van der Waals surface area (Å²) in [5, 5.41) is 0. The van der Waals surface area contributed by atoms with Crippen LogP contribution in [0.5, 0.6) is 0 Å². The van der Waals surface area contributed by atoms with E-state index in [0.717, 1.165) is 12.3 Å². The van der Waals surface area contributed by atoms with Crippen LogP contribution in [-0.2, 0) is 9.53 Å². The fourth-order valence-electron chi connectivity index (χ4n) is 6.90. The molecule has 0 bridgehead atoms. The predicted molar refractivity (Wildman–Crippen MR) is 207 cm³/mol. The largest absolute Gasteiger partial charge is 0.462 e. The third kappa shape index (κ3) is 37.7. The lowest BCUT2D eigenvalue weighted by Gasteiger charge is -2.11. The fraction of sp³-hybridized carbons (Fsp3) is 0.932. The minimum atomic E-state index is -0.249. The topological polar surface area (TPSA) is 26.3 Å². The molecule has 0 amide bonds. The van der Waals surface area contributed by atoms with E-state index in [1.165, 1.54) is 225 Å². The van der Waals surface area contributed by atoms with Crippen molar-refractivity contribution in [3.63, 3.8) is 0 Å². The normalized spacial score (nSPS) is 12.1. The Balaban J connectivity index is 3.13. The van der Waals surface area contributed by atoms with E-state index < -0.39 is 0 Å². The Hall–Kier alpha value is -0.790. The number of esters is 1. The van der Waals surface area contributed by atoms with Gasteiger partial charge in [0.25, 0.3) is 0 Å². The Labute approximate surface area is 291 Å². The first-order valence-corrected chi connectivity index (χ1v) is 21.4. The van der Waals surface area contributed by atoms with Gasteiger partial charge in [0.1, 0.15) is 0 Å². The highest BCUT2D eigenvalue weighted by Gasteiger charge is 2.03. The zero-order valence-corrected chi connectivity index (χ0v) is 32.3. The summed E-state index contributed by atoms with van der Waals surface area (Å²) >= 11 is 0. The van der Waals surface area contributed by atoms with E-state index in [2.05, 4.69) is 20.4 Å². The van der Waals surface area contributed by atoms with Crippen LogP contribution in [0.4, 0.5) is 0 Å². The SMILES string of the molecule is C=C(C)C(=O)OCCCCCCCCCCCCCCCCCCCCCCCCCCCCC(C)CCCCCCCCCC. The lowest BCUT2D eigenvalue weighted by atomic mass is 9.95. The Morgan fingerprint density at radius 2 is 0.674 bits per heavy atom. The smallest absolute Gasteiger partial charge is 0.333 e. The van der Waals surface area contributed by atoms with Gasteiger partial charge in [0.05, 0.1) is 6.61 Å². The van der Waals surface area contributed by atoms with Gasteiger partial charge in [-0.3, -0.25) is 0 Å². The molecule has 2 nitrogen and oxygen atoms in total. The number of hydrogen-bond acceptors (Lipinski definition) is 2. The van der Waals surface area contributed by atoms with Crippen molar-refractivity contribution in [2.24, 2.45) is 5.92 Å². The molecule has 0 fully saturated rings. The summed E-state index contributed by atoms with van der Waals surface area (Å²) in [7, 11) is 0. The molecule has 274 valence electrons. The standard InChI is InChI=1S/C44H86O2/c1-5-6-7-8-9-30-33-36-39-43(4)40-37-34-31-28-26-24-22-20-18-16-14-12-10-11-13-15-17-19-21-23-25-27-29-32-35-38-41-46-44(45)42(2)3/h43H,2,5-41H2,1,3-4H3. The highest BCUT2D eigenvalue weighted by molar-refractivity contribution is 5.86. The van der Waals surface area contributed by atoms with Gasteiger partial charge in [-0.2, -0.15) is 0 Å². The molecule has 0 aromatic heterocycles. The summed E-state index contributed by atoms with van der Waals surface area (Å²) in [5.41, 5.74) is 0.497. The second kappa shape index (κ2) is 38.7. The van der Waals surface area contributed by atoms with Crippen molar-refractivity contribution in [2.75, 3.05) is 6.61 Å². The van der Waals surface area contributed by atoms with Crippen LogP contribution < -0.4 is 0 Å². The van der Waals surface area contributed by atoms with Gasteiger partial charge in [0.2, 0.25) is 0 Å². The molecule has 0 aromatic carbocycles. The molecule has 0 radical (unpaired) electrons. The first-order chi connectivity index (χ1) is 22.6. The van der Waals surface area contributed by atoms with Gasteiger partial charge < -0.3 is 4.74 Å². The zero-order valence-electron chi connectivity index (χ0n) is 32.3. The average Bonchev–Trinajstić information content (AvgIpc) is 3.05. The maximum Gasteiger partial charge on any atom is 0.333 e. The van der Waals surface area contributed by atoms with Gasteiger partial charge >= 0.3 is 5.97 Å². The molecule has 1 unspecified atom stereocenters. The third-order valence-corrected chi connectivity index (χ3v) is 10.2. The van der Waals surface area contributed by atoms with E-state index >= 15 is 0 Å². The van der Waals surface area contributed by atoms with Gasteiger partial charge in [0.15, 0.2) is 0 Å².